The van der Waals surface area contributed by atoms with Crippen LogP contribution in [0.2, 0.25) is 5.02 Å². The van der Waals surface area contributed by atoms with Crippen molar-refractivity contribution in [3.63, 3.8) is 0 Å². The molecule has 0 atom stereocenters. The lowest BCUT2D eigenvalue weighted by Gasteiger charge is -2.08. The lowest BCUT2D eigenvalue weighted by molar-refractivity contribution is -0.255. The highest BCUT2D eigenvalue weighted by atomic mass is 35.5. The molecule has 1 N–H and O–H groups in total. The maximum Gasteiger partial charge on any atom is 0.0754 e. The molecule has 108 valence electrons. The first-order valence-corrected chi connectivity index (χ1v) is 6.72. The molecule has 0 aliphatic rings. The van der Waals surface area contributed by atoms with Crippen LogP contribution in [0.15, 0.2) is 41.5 Å². The standard InChI is InChI=1S/C16H15ClN2O2/c1-10-3-4-13(11(2)7-10)9-18-19-15-8-12(16(20)21)5-6-14(15)17/h3-9,19H,1-2H3,(H,20,21)/p-1/b18-9-. The van der Waals surface area contributed by atoms with E-state index in [2.05, 4.69) is 16.6 Å². The third kappa shape index (κ3) is 3.83. The van der Waals surface area contributed by atoms with E-state index in [1.54, 1.807) is 6.21 Å². The Morgan fingerprint density at radius 2 is 2.00 bits per heavy atom. The number of benzene rings is 2. The van der Waals surface area contributed by atoms with Crippen molar-refractivity contribution in [3.8, 4) is 0 Å². The van der Waals surface area contributed by atoms with Crippen LogP contribution in [0, 0.1) is 13.8 Å². The fraction of sp³-hybridized carbons (Fsp3) is 0.125. The first kappa shape index (κ1) is 15.1. The predicted octanol–water partition coefficient (Wildman–Crippen LogP) is 2.77. The Morgan fingerprint density at radius 3 is 2.67 bits per heavy atom. The lowest BCUT2D eigenvalue weighted by Crippen LogP contribution is -2.22. The number of halogens is 1. The molecule has 0 unspecified atom stereocenters. The molecule has 0 amide bonds. The van der Waals surface area contributed by atoms with E-state index in [0.29, 0.717) is 10.7 Å². The number of carbonyl (C=O) groups is 1. The molecule has 0 radical (unpaired) electrons. The highest BCUT2D eigenvalue weighted by Gasteiger charge is 2.02. The van der Waals surface area contributed by atoms with Gasteiger partial charge in [0.1, 0.15) is 0 Å². The molecule has 2 aromatic carbocycles. The zero-order valence-electron chi connectivity index (χ0n) is 11.7. The highest BCUT2D eigenvalue weighted by molar-refractivity contribution is 6.33. The zero-order chi connectivity index (χ0) is 15.4. The molecule has 0 spiro atoms. The van der Waals surface area contributed by atoms with Crippen LogP contribution >= 0.6 is 11.6 Å². The van der Waals surface area contributed by atoms with Gasteiger partial charge in [-0.3, -0.25) is 5.43 Å². The molecule has 0 fully saturated rings. The van der Waals surface area contributed by atoms with Crippen molar-refractivity contribution in [2.45, 2.75) is 13.8 Å². The van der Waals surface area contributed by atoms with Crippen molar-refractivity contribution in [3.05, 3.63) is 63.7 Å². The third-order valence-electron chi connectivity index (χ3n) is 3.02. The Balaban J connectivity index is 2.17. The van der Waals surface area contributed by atoms with Crippen molar-refractivity contribution in [2.75, 3.05) is 5.43 Å². The number of carboxylic acid groups (broad SMARTS) is 1. The van der Waals surface area contributed by atoms with Crippen LogP contribution in [0.1, 0.15) is 27.0 Å². The second-order valence-electron chi connectivity index (χ2n) is 4.71. The molecule has 4 nitrogen and oxygen atoms in total. The summed E-state index contributed by atoms with van der Waals surface area (Å²) in [5.41, 5.74) is 6.47. The Hall–Kier alpha value is -2.33. The Morgan fingerprint density at radius 1 is 1.24 bits per heavy atom. The van der Waals surface area contributed by atoms with Gasteiger partial charge < -0.3 is 9.90 Å². The summed E-state index contributed by atoms with van der Waals surface area (Å²) in [5, 5.41) is 15.3. The number of aromatic carboxylic acids is 1. The Labute approximate surface area is 128 Å². The van der Waals surface area contributed by atoms with E-state index in [9.17, 15) is 9.90 Å². The fourth-order valence-electron chi connectivity index (χ4n) is 1.88. The third-order valence-corrected chi connectivity index (χ3v) is 3.35. The molecule has 0 aliphatic heterocycles. The SMILES string of the molecule is Cc1ccc(/C=N\Nc2cc(C(=O)[O-])ccc2Cl)c(C)c1. The number of hydrogen-bond acceptors (Lipinski definition) is 4. The second kappa shape index (κ2) is 6.41. The summed E-state index contributed by atoms with van der Waals surface area (Å²) in [6, 6.07) is 10.3. The van der Waals surface area contributed by atoms with Crippen molar-refractivity contribution < 1.29 is 9.90 Å². The van der Waals surface area contributed by atoms with Crippen molar-refractivity contribution in [1.29, 1.82) is 0 Å². The predicted molar refractivity (Wildman–Crippen MR) is 82.9 cm³/mol. The Bertz CT molecular complexity index is 711. The van der Waals surface area contributed by atoms with Gasteiger partial charge in [-0.15, -0.1) is 0 Å². The van der Waals surface area contributed by atoms with Gasteiger partial charge in [0.25, 0.3) is 0 Å². The summed E-state index contributed by atoms with van der Waals surface area (Å²) in [7, 11) is 0. The molecule has 21 heavy (non-hydrogen) atoms. The minimum atomic E-state index is -1.26. The van der Waals surface area contributed by atoms with Crippen molar-refractivity contribution in [2.24, 2.45) is 5.10 Å². The normalized spacial score (nSPS) is 10.8. The number of carboxylic acids is 1. The first-order chi connectivity index (χ1) is 9.97. The van der Waals surface area contributed by atoms with Gasteiger partial charge in [-0.05, 0) is 42.7 Å². The van der Waals surface area contributed by atoms with Gasteiger partial charge in [-0.1, -0.05) is 41.4 Å². The zero-order valence-corrected chi connectivity index (χ0v) is 12.4. The highest BCUT2D eigenvalue weighted by Crippen LogP contribution is 2.22. The van der Waals surface area contributed by atoms with Crippen LogP contribution in [0.25, 0.3) is 0 Å². The van der Waals surface area contributed by atoms with Gasteiger partial charge in [-0.25, -0.2) is 0 Å². The van der Waals surface area contributed by atoms with Crippen LogP contribution in [-0.4, -0.2) is 12.2 Å². The summed E-state index contributed by atoms with van der Waals surface area (Å²) < 4.78 is 0. The summed E-state index contributed by atoms with van der Waals surface area (Å²) >= 11 is 5.98. The molecule has 0 aromatic heterocycles. The monoisotopic (exact) mass is 301 g/mol. The topological polar surface area (TPSA) is 64.5 Å². The molecule has 0 saturated heterocycles. The Kier molecular flexibility index (Phi) is 4.60. The quantitative estimate of drug-likeness (QED) is 0.697. The molecular weight excluding hydrogens is 288 g/mol. The van der Waals surface area contributed by atoms with E-state index >= 15 is 0 Å². The number of hydrogen-bond donors (Lipinski definition) is 1. The summed E-state index contributed by atoms with van der Waals surface area (Å²) in [6.07, 6.45) is 1.66. The summed E-state index contributed by atoms with van der Waals surface area (Å²) in [4.78, 5) is 10.8. The number of nitrogens with zero attached hydrogens (tertiary/aromatic N) is 1. The van der Waals surface area contributed by atoms with Gasteiger partial charge in [0.15, 0.2) is 0 Å². The second-order valence-corrected chi connectivity index (χ2v) is 5.12. The van der Waals surface area contributed by atoms with E-state index in [1.807, 2.05) is 26.0 Å². The van der Waals surface area contributed by atoms with E-state index in [1.165, 1.54) is 23.8 Å². The molecule has 5 heteroatoms. The number of nitrogens with one attached hydrogen (secondary N) is 1. The number of anilines is 1. The average Bonchev–Trinajstić information content (AvgIpc) is 2.43. The smallest absolute Gasteiger partial charge is 0.0754 e. The van der Waals surface area contributed by atoms with E-state index in [-0.39, 0.29) is 5.56 Å². The van der Waals surface area contributed by atoms with Gasteiger partial charge in [0.2, 0.25) is 0 Å². The largest absolute Gasteiger partial charge is 0.545 e. The van der Waals surface area contributed by atoms with Gasteiger partial charge in [-0.2, -0.15) is 5.10 Å². The molecule has 0 aliphatic carbocycles. The number of hydrazone groups is 1. The van der Waals surface area contributed by atoms with Gasteiger partial charge in [0, 0.05) is 0 Å². The molecule has 2 rings (SSSR count). The molecule has 0 bridgehead atoms. The van der Waals surface area contributed by atoms with E-state index in [4.69, 9.17) is 11.6 Å². The lowest BCUT2D eigenvalue weighted by atomic mass is 10.1. The summed E-state index contributed by atoms with van der Waals surface area (Å²) in [5.74, 6) is -1.26. The maximum absolute atomic E-state index is 10.8. The van der Waals surface area contributed by atoms with Crippen molar-refractivity contribution >= 4 is 29.5 Å². The molecule has 2 aromatic rings. The molecule has 0 saturated carbocycles. The molecular formula is C16H14ClN2O2-. The van der Waals surface area contributed by atoms with E-state index in [0.717, 1.165) is 11.1 Å². The number of aryl methyl sites for hydroxylation is 2. The number of rotatable bonds is 4. The molecule has 0 heterocycles. The maximum atomic E-state index is 10.8. The van der Waals surface area contributed by atoms with Crippen molar-refractivity contribution in [1.82, 2.24) is 0 Å². The van der Waals surface area contributed by atoms with Crippen LogP contribution in [-0.2, 0) is 0 Å². The van der Waals surface area contributed by atoms with E-state index < -0.39 is 5.97 Å². The van der Waals surface area contributed by atoms with Gasteiger partial charge >= 0.3 is 0 Å². The number of carbonyl (C=O) groups excluding carboxylic acids is 1. The van der Waals surface area contributed by atoms with Crippen LogP contribution in [0.5, 0.6) is 0 Å². The summed E-state index contributed by atoms with van der Waals surface area (Å²) in [6.45, 7) is 4.02. The average molecular weight is 302 g/mol. The van der Waals surface area contributed by atoms with Crippen LogP contribution < -0.4 is 10.5 Å². The minimum absolute atomic E-state index is 0.0450. The fourth-order valence-corrected chi connectivity index (χ4v) is 2.04. The first-order valence-electron chi connectivity index (χ1n) is 6.34. The van der Waals surface area contributed by atoms with Crippen LogP contribution in [0.3, 0.4) is 0 Å². The minimum Gasteiger partial charge on any atom is -0.545 e. The van der Waals surface area contributed by atoms with Crippen LogP contribution in [0.4, 0.5) is 5.69 Å². The van der Waals surface area contributed by atoms with Gasteiger partial charge in [0.05, 0.1) is 22.9 Å².